The van der Waals surface area contributed by atoms with Crippen molar-refractivity contribution in [3.8, 4) is 5.75 Å². The third-order valence-electron chi connectivity index (χ3n) is 7.23. The number of piperazine rings is 1. The van der Waals surface area contributed by atoms with Gasteiger partial charge in [-0.15, -0.1) is 0 Å². The van der Waals surface area contributed by atoms with Crippen molar-refractivity contribution in [3.05, 3.63) is 53.3 Å². The number of nitrogens with zero attached hydrogens (tertiary/aromatic N) is 5. The van der Waals surface area contributed by atoms with E-state index in [1.165, 1.54) is 0 Å². The first-order valence-corrected chi connectivity index (χ1v) is 12.6. The number of fused-ring (bicyclic) bond motifs is 1. The molecule has 1 aromatic heterocycles. The predicted octanol–water partition coefficient (Wildman–Crippen LogP) is 3.48. The number of imidazole rings is 1. The molecular weight excluding hydrogens is 456 g/mol. The maximum absolute atomic E-state index is 12.9. The molecule has 190 valence electrons. The van der Waals surface area contributed by atoms with Crippen molar-refractivity contribution in [2.75, 3.05) is 51.7 Å². The average Bonchev–Trinajstić information content (AvgIpc) is 3.53. The summed E-state index contributed by atoms with van der Waals surface area (Å²) in [4.78, 5) is 36.6. The Labute approximate surface area is 211 Å². The zero-order valence-corrected chi connectivity index (χ0v) is 21.3. The number of benzene rings is 2. The fourth-order valence-corrected chi connectivity index (χ4v) is 5.05. The zero-order chi connectivity index (χ0) is 25.2. The quantitative estimate of drug-likeness (QED) is 0.592. The van der Waals surface area contributed by atoms with Gasteiger partial charge in [-0.25, -0.2) is 9.78 Å². The minimum absolute atomic E-state index is 0.0966. The number of urea groups is 1. The van der Waals surface area contributed by atoms with Crippen LogP contribution in [0.1, 0.15) is 34.6 Å². The minimum atomic E-state index is -0.114. The van der Waals surface area contributed by atoms with Crippen LogP contribution in [0.2, 0.25) is 0 Å². The molecule has 0 aliphatic carbocycles. The zero-order valence-electron chi connectivity index (χ0n) is 21.3. The molecule has 0 spiro atoms. The molecule has 5 rings (SSSR count). The Kier molecular flexibility index (Phi) is 6.82. The van der Waals surface area contributed by atoms with Gasteiger partial charge in [0.05, 0.1) is 30.4 Å². The molecule has 9 nitrogen and oxygen atoms in total. The SMILES string of the molecule is COc1ccc(C)cc1NC(=O)N1CCN(Cc2nc3cc(C(=O)N4CCCC4)ccc3n2C)CC1. The second-order valence-electron chi connectivity index (χ2n) is 9.69. The van der Waals surface area contributed by atoms with Crippen molar-refractivity contribution >= 4 is 28.7 Å². The molecule has 2 aliphatic heterocycles. The molecule has 36 heavy (non-hydrogen) atoms. The van der Waals surface area contributed by atoms with Gasteiger partial charge < -0.3 is 24.4 Å². The van der Waals surface area contributed by atoms with Crippen LogP contribution < -0.4 is 10.1 Å². The summed E-state index contributed by atoms with van der Waals surface area (Å²) in [5.41, 5.74) is 4.33. The molecule has 2 aromatic carbocycles. The molecule has 2 fully saturated rings. The number of ether oxygens (including phenoxy) is 1. The second-order valence-corrected chi connectivity index (χ2v) is 9.69. The summed E-state index contributed by atoms with van der Waals surface area (Å²) in [7, 11) is 3.62. The molecule has 2 saturated heterocycles. The van der Waals surface area contributed by atoms with E-state index in [0.717, 1.165) is 61.4 Å². The highest BCUT2D eigenvalue weighted by Gasteiger charge is 2.24. The third kappa shape index (κ3) is 4.88. The van der Waals surface area contributed by atoms with E-state index in [2.05, 4.69) is 14.8 Å². The molecule has 3 aromatic rings. The first-order valence-electron chi connectivity index (χ1n) is 12.6. The molecule has 1 N–H and O–H groups in total. The lowest BCUT2D eigenvalue weighted by molar-refractivity contribution is 0.0793. The molecule has 9 heteroatoms. The van der Waals surface area contributed by atoms with Crippen molar-refractivity contribution in [1.29, 1.82) is 0 Å². The van der Waals surface area contributed by atoms with Gasteiger partial charge in [0.1, 0.15) is 11.6 Å². The number of hydrogen-bond acceptors (Lipinski definition) is 5. The van der Waals surface area contributed by atoms with E-state index >= 15 is 0 Å². The van der Waals surface area contributed by atoms with Gasteiger partial charge in [0.25, 0.3) is 5.91 Å². The monoisotopic (exact) mass is 490 g/mol. The lowest BCUT2D eigenvalue weighted by Crippen LogP contribution is -2.49. The lowest BCUT2D eigenvalue weighted by atomic mass is 10.2. The number of amides is 3. The number of carbonyl (C=O) groups excluding carboxylic acids is 2. The van der Waals surface area contributed by atoms with Crippen LogP contribution in [0.25, 0.3) is 11.0 Å². The van der Waals surface area contributed by atoms with E-state index in [1.54, 1.807) is 7.11 Å². The molecule has 0 atom stereocenters. The van der Waals surface area contributed by atoms with Gasteiger partial charge in [-0.2, -0.15) is 0 Å². The first-order chi connectivity index (χ1) is 17.4. The smallest absolute Gasteiger partial charge is 0.322 e. The Bertz CT molecular complexity index is 1270. The van der Waals surface area contributed by atoms with Crippen LogP contribution in [0, 0.1) is 6.92 Å². The molecule has 0 radical (unpaired) electrons. The predicted molar refractivity (Wildman–Crippen MR) is 139 cm³/mol. The third-order valence-corrected chi connectivity index (χ3v) is 7.23. The lowest BCUT2D eigenvalue weighted by Gasteiger charge is -2.34. The first kappa shape index (κ1) is 24.1. The Morgan fingerprint density at radius 3 is 2.44 bits per heavy atom. The number of methoxy groups -OCH3 is 1. The van der Waals surface area contributed by atoms with Crippen molar-refractivity contribution in [2.45, 2.75) is 26.3 Å². The van der Waals surface area contributed by atoms with Crippen LogP contribution in [0.15, 0.2) is 36.4 Å². The summed E-state index contributed by atoms with van der Waals surface area (Å²) in [6.45, 7) is 7.17. The maximum Gasteiger partial charge on any atom is 0.322 e. The second kappa shape index (κ2) is 10.2. The van der Waals surface area contributed by atoms with Crippen LogP contribution in [0.3, 0.4) is 0 Å². The highest BCUT2D eigenvalue weighted by molar-refractivity contribution is 5.97. The Balaban J connectivity index is 1.20. The largest absolute Gasteiger partial charge is 0.495 e. The number of hydrogen-bond donors (Lipinski definition) is 1. The number of aryl methyl sites for hydroxylation is 2. The maximum atomic E-state index is 12.9. The summed E-state index contributed by atoms with van der Waals surface area (Å²) < 4.78 is 7.48. The van der Waals surface area contributed by atoms with E-state index < -0.39 is 0 Å². The summed E-state index contributed by atoms with van der Waals surface area (Å²) in [5.74, 6) is 1.71. The molecule has 3 heterocycles. The summed E-state index contributed by atoms with van der Waals surface area (Å²) in [6, 6.07) is 11.5. The van der Waals surface area contributed by atoms with Crippen LogP contribution in [-0.4, -0.2) is 82.6 Å². The number of rotatable bonds is 5. The number of aromatic nitrogens is 2. The number of likely N-dealkylation sites (tertiary alicyclic amines) is 1. The minimum Gasteiger partial charge on any atom is -0.495 e. The molecular formula is C27H34N6O3. The van der Waals surface area contributed by atoms with Crippen LogP contribution in [-0.2, 0) is 13.6 Å². The van der Waals surface area contributed by atoms with Gasteiger partial charge in [0.15, 0.2) is 0 Å². The highest BCUT2D eigenvalue weighted by Crippen LogP contribution is 2.26. The van der Waals surface area contributed by atoms with Crippen LogP contribution in [0.5, 0.6) is 5.75 Å². The van der Waals surface area contributed by atoms with Gasteiger partial charge in [0, 0.05) is 51.9 Å². The molecule has 0 bridgehead atoms. The topological polar surface area (TPSA) is 82.9 Å². The molecule has 3 amide bonds. The normalized spacial score (nSPS) is 16.5. The van der Waals surface area contributed by atoms with E-state index in [-0.39, 0.29) is 11.9 Å². The van der Waals surface area contributed by atoms with E-state index in [4.69, 9.17) is 9.72 Å². The summed E-state index contributed by atoms with van der Waals surface area (Å²) >= 11 is 0. The fourth-order valence-electron chi connectivity index (χ4n) is 5.05. The number of anilines is 1. The van der Waals surface area contributed by atoms with Crippen molar-refractivity contribution in [3.63, 3.8) is 0 Å². The number of nitrogens with one attached hydrogen (secondary N) is 1. The van der Waals surface area contributed by atoms with Gasteiger partial charge in [-0.05, 0) is 55.7 Å². The van der Waals surface area contributed by atoms with E-state index in [9.17, 15) is 9.59 Å². The number of carbonyl (C=O) groups is 2. The molecule has 0 saturated carbocycles. The van der Waals surface area contributed by atoms with Crippen LogP contribution >= 0.6 is 0 Å². The van der Waals surface area contributed by atoms with Gasteiger partial charge in [-0.1, -0.05) is 6.07 Å². The highest BCUT2D eigenvalue weighted by atomic mass is 16.5. The van der Waals surface area contributed by atoms with Crippen molar-refractivity contribution in [2.24, 2.45) is 7.05 Å². The standard InChI is InChI=1S/C27H34N6O3/c1-19-6-9-24(36-3)22(16-19)29-27(35)33-14-12-31(13-15-33)18-25-28-21-17-20(7-8-23(21)30(25)2)26(34)32-10-4-5-11-32/h6-9,16-17H,4-5,10-15,18H2,1-3H3,(H,29,35). The van der Waals surface area contributed by atoms with Crippen LogP contribution in [0.4, 0.5) is 10.5 Å². The summed E-state index contributed by atoms with van der Waals surface area (Å²) in [5, 5.41) is 2.99. The van der Waals surface area contributed by atoms with Gasteiger partial charge in [0.2, 0.25) is 0 Å². The Hall–Kier alpha value is -3.59. The average molecular weight is 491 g/mol. The van der Waals surface area contributed by atoms with Gasteiger partial charge in [-0.3, -0.25) is 9.69 Å². The Morgan fingerprint density at radius 2 is 1.72 bits per heavy atom. The van der Waals surface area contributed by atoms with E-state index in [1.807, 2.05) is 60.2 Å². The Morgan fingerprint density at radius 1 is 0.972 bits per heavy atom. The molecule has 0 unspecified atom stereocenters. The van der Waals surface area contributed by atoms with E-state index in [0.29, 0.717) is 36.6 Å². The van der Waals surface area contributed by atoms with Gasteiger partial charge >= 0.3 is 6.03 Å². The summed E-state index contributed by atoms with van der Waals surface area (Å²) in [6.07, 6.45) is 2.16. The van der Waals surface area contributed by atoms with Crippen molar-refractivity contribution in [1.82, 2.24) is 24.3 Å². The molecule has 2 aliphatic rings. The van der Waals surface area contributed by atoms with Crippen molar-refractivity contribution < 1.29 is 14.3 Å². The fraction of sp³-hybridized carbons (Fsp3) is 0.444.